The number of carbonyl (C=O) groups excluding carboxylic acids is 1. The van der Waals surface area contributed by atoms with Gasteiger partial charge in [0.2, 0.25) is 15.9 Å². The maximum absolute atomic E-state index is 12.9. The number of carbonyl (C=O) groups is 1. The average molecular weight is 407 g/mol. The van der Waals surface area contributed by atoms with Crippen molar-refractivity contribution in [1.82, 2.24) is 9.21 Å². The first-order chi connectivity index (χ1) is 13.4. The molecule has 1 saturated heterocycles. The number of nitrogens with zero attached hydrogens (tertiary/aromatic N) is 2. The summed E-state index contributed by atoms with van der Waals surface area (Å²) in [5.74, 6) is 1.45. The molecule has 6 heteroatoms. The van der Waals surface area contributed by atoms with Crippen LogP contribution < -0.4 is 0 Å². The number of sulfonamides is 1. The van der Waals surface area contributed by atoms with Crippen molar-refractivity contribution in [2.24, 2.45) is 11.8 Å². The number of hydrogen-bond acceptors (Lipinski definition) is 3. The predicted molar refractivity (Wildman–Crippen MR) is 111 cm³/mol. The van der Waals surface area contributed by atoms with Crippen LogP contribution in [0, 0.1) is 18.8 Å². The summed E-state index contributed by atoms with van der Waals surface area (Å²) in [6.07, 6.45) is 6.70. The molecule has 0 aromatic heterocycles. The summed E-state index contributed by atoms with van der Waals surface area (Å²) in [6.45, 7) is 6.86. The molecule has 2 fully saturated rings. The summed E-state index contributed by atoms with van der Waals surface area (Å²) in [6, 6.07) is 7.18. The highest BCUT2D eigenvalue weighted by atomic mass is 32.2. The minimum Gasteiger partial charge on any atom is -0.342 e. The molecule has 2 aliphatic rings. The number of aryl methyl sites for hydroxylation is 1. The van der Waals surface area contributed by atoms with E-state index >= 15 is 0 Å². The quantitative estimate of drug-likeness (QED) is 0.626. The molecule has 1 aromatic carbocycles. The molecule has 1 aliphatic heterocycles. The predicted octanol–water partition coefficient (Wildman–Crippen LogP) is 3.82. The van der Waals surface area contributed by atoms with Crippen molar-refractivity contribution in [3.8, 4) is 0 Å². The summed E-state index contributed by atoms with van der Waals surface area (Å²) in [4.78, 5) is 15.1. The zero-order valence-electron chi connectivity index (χ0n) is 17.3. The van der Waals surface area contributed by atoms with Gasteiger partial charge in [0.25, 0.3) is 0 Å². The van der Waals surface area contributed by atoms with Gasteiger partial charge in [0.05, 0.1) is 4.90 Å². The molecule has 0 radical (unpaired) electrons. The number of rotatable bonds is 9. The van der Waals surface area contributed by atoms with Gasteiger partial charge >= 0.3 is 0 Å². The smallest absolute Gasteiger partial charge is 0.243 e. The number of benzene rings is 1. The fourth-order valence-corrected chi connectivity index (χ4v) is 5.80. The van der Waals surface area contributed by atoms with E-state index < -0.39 is 10.0 Å². The van der Waals surface area contributed by atoms with E-state index in [1.165, 1.54) is 12.8 Å². The lowest BCUT2D eigenvalue weighted by Crippen LogP contribution is -2.39. The molecule has 28 heavy (non-hydrogen) atoms. The third-order valence-corrected chi connectivity index (χ3v) is 8.13. The van der Waals surface area contributed by atoms with Gasteiger partial charge in [-0.2, -0.15) is 4.31 Å². The van der Waals surface area contributed by atoms with Gasteiger partial charge in [-0.1, -0.05) is 25.1 Å². The van der Waals surface area contributed by atoms with Crippen molar-refractivity contribution in [1.29, 1.82) is 0 Å². The zero-order valence-corrected chi connectivity index (χ0v) is 18.1. The van der Waals surface area contributed by atoms with Crippen LogP contribution >= 0.6 is 0 Å². The normalized spacial score (nSPS) is 18.9. The molecule has 156 valence electrons. The van der Waals surface area contributed by atoms with Gasteiger partial charge in [0, 0.05) is 32.6 Å². The molecule has 1 aromatic rings. The lowest BCUT2D eigenvalue weighted by molar-refractivity contribution is -0.131. The molecule has 3 rings (SSSR count). The summed E-state index contributed by atoms with van der Waals surface area (Å²) in [5.41, 5.74) is 0.793. The Hall–Kier alpha value is -1.40. The lowest BCUT2D eigenvalue weighted by Gasteiger charge is -2.32. The molecule has 0 spiro atoms. The minimum atomic E-state index is -3.42. The van der Waals surface area contributed by atoms with Crippen molar-refractivity contribution in [3.63, 3.8) is 0 Å². The van der Waals surface area contributed by atoms with Crippen molar-refractivity contribution >= 4 is 15.9 Å². The Balaban J connectivity index is 1.48. The van der Waals surface area contributed by atoms with Gasteiger partial charge in [-0.25, -0.2) is 8.42 Å². The first-order valence-electron chi connectivity index (χ1n) is 10.8. The summed E-state index contributed by atoms with van der Waals surface area (Å²) < 4.78 is 27.4. The Morgan fingerprint density at radius 3 is 2.39 bits per heavy atom. The third-order valence-electron chi connectivity index (χ3n) is 6.07. The van der Waals surface area contributed by atoms with E-state index in [0.29, 0.717) is 30.3 Å². The van der Waals surface area contributed by atoms with E-state index in [4.69, 9.17) is 0 Å². The first kappa shape index (κ1) is 21.3. The molecule has 0 bridgehead atoms. The molecule has 5 nitrogen and oxygen atoms in total. The van der Waals surface area contributed by atoms with Crippen LogP contribution in [0.4, 0.5) is 0 Å². The highest BCUT2D eigenvalue weighted by Crippen LogP contribution is 2.31. The second-order valence-corrected chi connectivity index (χ2v) is 10.3. The van der Waals surface area contributed by atoms with Crippen LogP contribution in [-0.2, 0) is 14.8 Å². The Bertz CT molecular complexity index is 766. The second kappa shape index (κ2) is 9.40. The fourth-order valence-electron chi connectivity index (χ4n) is 4.11. The van der Waals surface area contributed by atoms with Crippen LogP contribution in [-0.4, -0.2) is 49.7 Å². The molecular weight excluding hydrogens is 372 g/mol. The van der Waals surface area contributed by atoms with Crippen molar-refractivity contribution < 1.29 is 13.2 Å². The minimum absolute atomic E-state index is 0.281. The molecule has 0 atom stereocenters. The fraction of sp³-hybridized carbons (Fsp3) is 0.682. The topological polar surface area (TPSA) is 57.7 Å². The molecule has 1 saturated carbocycles. The van der Waals surface area contributed by atoms with Crippen LogP contribution in [0.2, 0.25) is 0 Å². The molecule has 0 N–H and O–H groups in total. The summed E-state index contributed by atoms with van der Waals surface area (Å²) in [5, 5.41) is 0. The molecule has 0 unspecified atom stereocenters. The van der Waals surface area contributed by atoms with E-state index in [2.05, 4.69) is 11.8 Å². The number of amides is 1. The molecule has 1 heterocycles. The van der Waals surface area contributed by atoms with E-state index in [1.807, 2.05) is 19.1 Å². The van der Waals surface area contributed by atoms with Gasteiger partial charge in [0.1, 0.15) is 0 Å². The SMILES string of the molecule is CCCN(CC1CC1)C(=O)CCC1CCN(S(=O)(=O)c2ccccc2C)CC1. The monoisotopic (exact) mass is 406 g/mol. The average Bonchev–Trinajstić information content (AvgIpc) is 3.50. The van der Waals surface area contributed by atoms with Crippen molar-refractivity contribution in [2.45, 2.75) is 63.7 Å². The van der Waals surface area contributed by atoms with E-state index in [-0.39, 0.29) is 5.91 Å². The Morgan fingerprint density at radius 2 is 1.79 bits per heavy atom. The lowest BCUT2D eigenvalue weighted by atomic mass is 9.93. The Morgan fingerprint density at radius 1 is 1.11 bits per heavy atom. The third kappa shape index (κ3) is 5.35. The van der Waals surface area contributed by atoms with Gasteiger partial charge < -0.3 is 4.90 Å². The van der Waals surface area contributed by atoms with E-state index in [1.54, 1.807) is 16.4 Å². The Kier molecular flexibility index (Phi) is 7.15. The molecular formula is C22H34N2O3S. The van der Waals surface area contributed by atoms with E-state index in [9.17, 15) is 13.2 Å². The summed E-state index contributed by atoms with van der Waals surface area (Å²) in [7, 11) is -3.42. The maximum atomic E-state index is 12.9. The van der Waals surface area contributed by atoms with Crippen molar-refractivity contribution in [2.75, 3.05) is 26.2 Å². The highest BCUT2D eigenvalue weighted by molar-refractivity contribution is 7.89. The largest absolute Gasteiger partial charge is 0.342 e. The van der Waals surface area contributed by atoms with Gasteiger partial charge in [-0.15, -0.1) is 0 Å². The van der Waals surface area contributed by atoms with Crippen LogP contribution in [0.3, 0.4) is 0 Å². The van der Waals surface area contributed by atoms with E-state index in [0.717, 1.165) is 50.3 Å². The van der Waals surface area contributed by atoms with Gasteiger partial charge in [-0.3, -0.25) is 4.79 Å². The second-order valence-electron chi connectivity index (χ2n) is 8.43. The molecule has 1 aliphatic carbocycles. The van der Waals surface area contributed by atoms with Crippen LogP contribution in [0.25, 0.3) is 0 Å². The van der Waals surface area contributed by atoms with Crippen LogP contribution in [0.1, 0.15) is 57.4 Å². The highest BCUT2D eigenvalue weighted by Gasteiger charge is 2.31. The maximum Gasteiger partial charge on any atom is 0.243 e. The Labute approximate surface area is 170 Å². The standard InChI is InChI=1S/C22H34N2O3S/c1-3-14-23(17-20-8-9-20)22(25)11-10-19-12-15-24(16-13-19)28(26,27)21-7-5-4-6-18(21)2/h4-7,19-20H,3,8-17H2,1-2H3. The van der Waals surface area contributed by atoms with Crippen LogP contribution in [0.15, 0.2) is 29.2 Å². The molecule has 1 amide bonds. The number of hydrogen-bond donors (Lipinski definition) is 0. The van der Waals surface area contributed by atoms with Gasteiger partial charge in [0.15, 0.2) is 0 Å². The van der Waals surface area contributed by atoms with Crippen LogP contribution in [0.5, 0.6) is 0 Å². The zero-order chi connectivity index (χ0) is 20.1. The van der Waals surface area contributed by atoms with Gasteiger partial charge in [-0.05, 0) is 68.9 Å². The number of piperidine rings is 1. The first-order valence-corrected chi connectivity index (χ1v) is 12.2. The van der Waals surface area contributed by atoms with Crippen molar-refractivity contribution in [3.05, 3.63) is 29.8 Å². The summed E-state index contributed by atoms with van der Waals surface area (Å²) >= 11 is 0.